The Hall–Kier alpha value is -2.69. The van der Waals surface area contributed by atoms with Crippen molar-refractivity contribution in [1.29, 1.82) is 0 Å². The van der Waals surface area contributed by atoms with Gasteiger partial charge in [-0.15, -0.1) is 0 Å². The van der Waals surface area contributed by atoms with Crippen molar-refractivity contribution in [2.45, 2.75) is 37.8 Å². The van der Waals surface area contributed by atoms with E-state index in [1.54, 1.807) is 0 Å². The molecule has 11 nitrogen and oxygen atoms in total. The Morgan fingerprint density at radius 2 is 1.38 bits per heavy atom. The van der Waals surface area contributed by atoms with Crippen LogP contribution in [0.3, 0.4) is 0 Å². The molecule has 136 valence electrons. The van der Waals surface area contributed by atoms with E-state index in [2.05, 4.69) is 16.0 Å². The number of carboxylic acids is 3. The van der Waals surface area contributed by atoms with Crippen LogP contribution in [-0.4, -0.2) is 70.7 Å². The van der Waals surface area contributed by atoms with E-state index in [9.17, 15) is 24.0 Å². The van der Waals surface area contributed by atoms with Crippen LogP contribution in [0.1, 0.15) is 25.7 Å². The zero-order valence-electron chi connectivity index (χ0n) is 13.1. The molecule has 0 fully saturated rings. The summed E-state index contributed by atoms with van der Waals surface area (Å²) in [6, 6.07) is -2.54. The molecule has 0 aromatic rings. The van der Waals surface area contributed by atoms with Crippen LogP contribution < -0.4 is 16.0 Å². The lowest BCUT2D eigenvalue weighted by atomic mass is 10.1. The average Bonchev–Trinajstić information content (AvgIpc) is 2.49. The van der Waals surface area contributed by atoms with Crippen LogP contribution in [0.5, 0.6) is 0 Å². The van der Waals surface area contributed by atoms with Gasteiger partial charge in [-0.25, -0.2) is 4.79 Å². The molecule has 0 aromatic heterocycles. The first-order valence-electron chi connectivity index (χ1n) is 7.08. The molecule has 0 saturated carbocycles. The van der Waals surface area contributed by atoms with Gasteiger partial charge in [0.2, 0.25) is 11.8 Å². The topological polar surface area (TPSA) is 182 Å². The fraction of sp³-hybridized carbons (Fsp3) is 0.615. The molecule has 24 heavy (non-hydrogen) atoms. The lowest BCUT2D eigenvalue weighted by Gasteiger charge is -2.16. The molecule has 6 N–H and O–H groups in total. The smallest absolute Gasteiger partial charge is 0.326 e. The van der Waals surface area contributed by atoms with Crippen molar-refractivity contribution in [3.8, 4) is 0 Å². The number of hydrogen-bond donors (Lipinski definition) is 6. The molecule has 0 radical (unpaired) electrons. The van der Waals surface area contributed by atoms with E-state index >= 15 is 0 Å². The van der Waals surface area contributed by atoms with Gasteiger partial charge in [-0.05, 0) is 12.8 Å². The van der Waals surface area contributed by atoms with E-state index in [4.69, 9.17) is 15.3 Å². The third-order valence-corrected chi connectivity index (χ3v) is 3.03. The maximum Gasteiger partial charge on any atom is 0.326 e. The molecular weight excluding hydrogens is 326 g/mol. The second-order valence-electron chi connectivity index (χ2n) is 4.87. The van der Waals surface area contributed by atoms with Crippen LogP contribution in [0, 0.1) is 0 Å². The van der Waals surface area contributed by atoms with Gasteiger partial charge in [0.05, 0.1) is 6.54 Å². The van der Waals surface area contributed by atoms with Gasteiger partial charge in [0.1, 0.15) is 12.1 Å². The van der Waals surface area contributed by atoms with Crippen molar-refractivity contribution in [2.75, 3.05) is 13.6 Å². The molecule has 0 aliphatic carbocycles. The van der Waals surface area contributed by atoms with Gasteiger partial charge in [-0.2, -0.15) is 0 Å². The summed E-state index contributed by atoms with van der Waals surface area (Å²) in [4.78, 5) is 55.2. The standard InChI is InChI=1S/C13H21N3O8/c1-14-9(17)4-2-8(13(23)24)16-10(18)6-15-7(12(21)22)3-5-11(19)20/h7-8,15H,2-6H2,1H3,(H,14,17)(H,16,18)(H,19,20)(H,21,22)(H,23,24)/t7-,8-/m0/s1. The molecule has 2 amide bonds. The Morgan fingerprint density at radius 1 is 0.833 bits per heavy atom. The van der Waals surface area contributed by atoms with Crippen molar-refractivity contribution in [3.63, 3.8) is 0 Å². The summed E-state index contributed by atoms with van der Waals surface area (Å²) < 4.78 is 0. The minimum atomic E-state index is -1.33. The highest BCUT2D eigenvalue weighted by Crippen LogP contribution is 2.00. The number of aliphatic carboxylic acids is 3. The summed E-state index contributed by atoms with van der Waals surface area (Å²) in [7, 11) is 1.39. The molecule has 0 spiro atoms. The van der Waals surface area contributed by atoms with Crippen LogP contribution in [0.25, 0.3) is 0 Å². The van der Waals surface area contributed by atoms with Crippen molar-refractivity contribution in [2.24, 2.45) is 0 Å². The number of amides is 2. The van der Waals surface area contributed by atoms with E-state index in [1.807, 2.05) is 0 Å². The van der Waals surface area contributed by atoms with Crippen molar-refractivity contribution < 1.29 is 39.3 Å². The number of nitrogens with one attached hydrogen (secondary N) is 3. The Bertz CT molecular complexity index is 494. The molecule has 0 aromatic carbocycles. The molecule has 0 bridgehead atoms. The maximum atomic E-state index is 11.7. The summed E-state index contributed by atoms with van der Waals surface area (Å²) in [6.45, 7) is -0.500. The lowest BCUT2D eigenvalue weighted by molar-refractivity contribution is -0.143. The molecule has 11 heteroatoms. The fourth-order valence-corrected chi connectivity index (χ4v) is 1.70. The summed E-state index contributed by atoms with van der Waals surface area (Å²) in [5.74, 6) is -4.98. The number of rotatable bonds is 12. The van der Waals surface area contributed by atoms with Crippen LogP contribution >= 0.6 is 0 Å². The van der Waals surface area contributed by atoms with Crippen LogP contribution in [-0.2, 0) is 24.0 Å². The third kappa shape index (κ3) is 9.35. The number of carboxylic acid groups (broad SMARTS) is 3. The molecule has 0 rings (SSSR count). The summed E-state index contributed by atoms with van der Waals surface area (Å²) in [6.07, 6.45) is -0.841. The monoisotopic (exact) mass is 347 g/mol. The highest BCUT2D eigenvalue weighted by atomic mass is 16.4. The Kier molecular flexibility index (Phi) is 9.71. The molecule has 0 unspecified atom stereocenters. The highest BCUT2D eigenvalue weighted by molar-refractivity contribution is 5.86. The Balaban J connectivity index is 4.44. The van der Waals surface area contributed by atoms with E-state index in [1.165, 1.54) is 7.05 Å². The molecule has 0 aliphatic rings. The van der Waals surface area contributed by atoms with E-state index in [0.717, 1.165) is 0 Å². The molecule has 2 atom stereocenters. The summed E-state index contributed by atoms with van der Waals surface area (Å²) in [5, 5.41) is 33.3. The molecule has 0 aliphatic heterocycles. The normalized spacial score (nSPS) is 12.7. The van der Waals surface area contributed by atoms with Crippen LogP contribution in [0.2, 0.25) is 0 Å². The van der Waals surface area contributed by atoms with Gasteiger partial charge >= 0.3 is 17.9 Å². The third-order valence-electron chi connectivity index (χ3n) is 3.03. The van der Waals surface area contributed by atoms with Crippen LogP contribution in [0.15, 0.2) is 0 Å². The zero-order valence-corrected chi connectivity index (χ0v) is 13.1. The number of carbonyl (C=O) groups is 5. The largest absolute Gasteiger partial charge is 0.481 e. The van der Waals surface area contributed by atoms with E-state index in [0.29, 0.717) is 0 Å². The van der Waals surface area contributed by atoms with Gasteiger partial charge in [-0.1, -0.05) is 0 Å². The number of hydrogen-bond acceptors (Lipinski definition) is 6. The minimum Gasteiger partial charge on any atom is -0.481 e. The highest BCUT2D eigenvalue weighted by Gasteiger charge is 2.23. The average molecular weight is 347 g/mol. The fourth-order valence-electron chi connectivity index (χ4n) is 1.70. The first kappa shape index (κ1) is 21.3. The first-order valence-corrected chi connectivity index (χ1v) is 7.08. The lowest BCUT2D eigenvalue weighted by Crippen LogP contribution is -2.48. The van der Waals surface area contributed by atoms with Gasteiger partial charge < -0.3 is 26.0 Å². The SMILES string of the molecule is CNC(=O)CC[C@H](NC(=O)CN[C@@H](CCC(=O)O)C(=O)O)C(=O)O. The van der Waals surface area contributed by atoms with Crippen molar-refractivity contribution in [1.82, 2.24) is 16.0 Å². The first-order chi connectivity index (χ1) is 11.2. The second-order valence-corrected chi connectivity index (χ2v) is 4.87. The predicted octanol–water partition coefficient (Wildman–Crippen LogP) is -2.01. The van der Waals surface area contributed by atoms with Gasteiger partial charge in [0, 0.05) is 19.9 Å². The summed E-state index contributed by atoms with van der Waals surface area (Å²) in [5.41, 5.74) is 0. The summed E-state index contributed by atoms with van der Waals surface area (Å²) >= 11 is 0. The Morgan fingerprint density at radius 3 is 1.83 bits per heavy atom. The quantitative estimate of drug-likeness (QED) is 0.232. The van der Waals surface area contributed by atoms with Gasteiger partial charge in [0.25, 0.3) is 0 Å². The Labute approximate surface area is 137 Å². The van der Waals surface area contributed by atoms with Crippen LogP contribution in [0.4, 0.5) is 0 Å². The molecule has 0 saturated heterocycles. The molecule has 0 heterocycles. The molecular formula is C13H21N3O8. The van der Waals surface area contributed by atoms with E-state index < -0.39 is 48.9 Å². The second kappa shape index (κ2) is 10.9. The minimum absolute atomic E-state index is 0.0997. The van der Waals surface area contributed by atoms with Gasteiger partial charge in [-0.3, -0.25) is 24.5 Å². The van der Waals surface area contributed by atoms with E-state index in [-0.39, 0.29) is 25.2 Å². The predicted molar refractivity (Wildman–Crippen MR) is 79.2 cm³/mol. The zero-order chi connectivity index (χ0) is 18.7. The van der Waals surface area contributed by atoms with Crippen molar-refractivity contribution in [3.05, 3.63) is 0 Å². The van der Waals surface area contributed by atoms with Gasteiger partial charge in [0.15, 0.2) is 0 Å². The van der Waals surface area contributed by atoms with Crippen molar-refractivity contribution >= 4 is 29.7 Å². The number of carbonyl (C=O) groups excluding carboxylic acids is 2. The maximum absolute atomic E-state index is 11.7.